The van der Waals surface area contributed by atoms with E-state index in [0.29, 0.717) is 18.5 Å². The minimum Gasteiger partial charge on any atom is -0.318 e. The fraction of sp³-hybridized carbons (Fsp3) is 0.417. The molecule has 0 amide bonds. The van der Waals surface area contributed by atoms with E-state index >= 15 is 0 Å². The molecule has 1 fully saturated rings. The summed E-state index contributed by atoms with van der Waals surface area (Å²) in [6, 6.07) is 5.74. The van der Waals surface area contributed by atoms with Gasteiger partial charge in [0.05, 0.1) is 41.1 Å². The molecule has 2 aromatic heterocycles. The maximum absolute atomic E-state index is 14.6. The normalized spacial score (nSPS) is 13.9. The Labute approximate surface area is 204 Å². The van der Waals surface area contributed by atoms with Crippen LogP contribution < -0.4 is 10.5 Å². The van der Waals surface area contributed by atoms with Crippen molar-refractivity contribution in [3.05, 3.63) is 53.7 Å². The lowest BCUT2D eigenvalue weighted by Gasteiger charge is -2.25. The molecule has 2 heterocycles. The maximum Gasteiger partial charge on any atom is 0.394 e. The minimum atomic E-state index is -3.95. The molecule has 0 unspecified atom stereocenters. The van der Waals surface area contributed by atoms with Crippen molar-refractivity contribution in [3.8, 4) is 0 Å². The summed E-state index contributed by atoms with van der Waals surface area (Å²) in [5.74, 6) is -0.797. The van der Waals surface area contributed by atoms with E-state index in [0.717, 1.165) is 21.4 Å². The number of alkyl halides is 5. The van der Waals surface area contributed by atoms with Gasteiger partial charge in [-0.1, -0.05) is 26.8 Å². The van der Waals surface area contributed by atoms with Crippen LogP contribution in [0.2, 0.25) is 0 Å². The van der Waals surface area contributed by atoms with Gasteiger partial charge in [-0.3, -0.25) is 20.4 Å². The molecule has 0 aliphatic heterocycles. The molecule has 3 aromatic rings. The van der Waals surface area contributed by atoms with Crippen LogP contribution in [0, 0.1) is 29.0 Å². The minimum absolute atomic E-state index is 0.0471. The van der Waals surface area contributed by atoms with Crippen molar-refractivity contribution in [2.24, 2.45) is 5.41 Å². The molecule has 4 rings (SSSR count). The number of nitrogens with one attached hydrogen (secondary N) is 2. The Hall–Kier alpha value is -3.44. The topological polar surface area (TPSA) is 81.7 Å². The van der Waals surface area contributed by atoms with Crippen molar-refractivity contribution in [3.63, 3.8) is 0 Å². The third-order valence-electron chi connectivity index (χ3n) is 5.48. The molecule has 1 saturated carbocycles. The van der Waals surface area contributed by atoms with Crippen LogP contribution in [0.5, 0.6) is 0 Å². The zero-order valence-electron chi connectivity index (χ0n) is 20.3. The van der Waals surface area contributed by atoms with E-state index in [9.17, 15) is 26.3 Å². The highest BCUT2D eigenvalue weighted by atomic mass is 19.4. The van der Waals surface area contributed by atoms with Gasteiger partial charge >= 0.3 is 6.18 Å². The van der Waals surface area contributed by atoms with Crippen LogP contribution >= 0.6 is 0 Å². The van der Waals surface area contributed by atoms with Gasteiger partial charge in [0.25, 0.3) is 6.43 Å². The third kappa shape index (κ3) is 6.41. The first kappa shape index (κ1) is 28.8. The molecule has 0 radical (unpaired) electrons. The van der Waals surface area contributed by atoms with E-state index in [-0.39, 0.29) is 22.3 Å². The standard InChI is InChI=1S/C17H15F3N6.C5H7F3.C2H6/c1-10-5-11(7-23-6-10)25(8-14(19)20)16-15-12(18)3-2-4-13(15)26(9-21)17(22)24-16;1-4(2-3-4)5(6,7)8;1-2/h2-7,9,14,21-22H,8H2,1H3;2-3H2,1H3;1-2H3. The lowest BCUT2D eigenvalue weighted by Crippen LogP contribution is -2.31. The van der Waals surface area contributed by atoms with E-state index in [1.165, 1.54) is 31.3 Å². The number of rotatable bonds is 5. The first-order chi connectivity index (χ1) is 16.9. The number of hydrogen-bond donors (Lipinski definition) is 2. The quantitative estimate of drug-likeness (QED) is 0.229. The smallest absolute Gasteiger partial charge is 0.318 e. The Morgan fingerprint density at radius 2 is 1.83 bits per heavy atom. The second-order valence-electron chi connectivity index (χ2n) is 8.17. The molecule has 0 spiro atoms. The fourth-order valence-electron chi connectivity index (χ4n) is 3.19. The Morgan fingerprint density at radius 1 is 1.19 bits per heavy atom. The highest BCUT2D eigenvalue weighted by Gasteiger charge is 2.59. The summed E-state index contributed by atoms with van der Waals surface area (Å²) < 4.78 is 77.0. The maximum atomic E-state index is 14.6. The predicted molar refractivity (Wildman–Crippen MR) is 126 cm³/mol. The predicted octanol–water partition coefficient (Wildman–Crippen LogP) is 6.59. The molecule has 196 valence electrons. The molecule has 2 N–H and O–H groups in total. The number of halogens is 6. The van der Waals surface area contributed by atoms with Crippen molar-refractivity contribution in [1.29, 1.82) is 10.8 Å². The Balaban J connectivity index is 0.000000384. The lowest BCUT2D eigenvalue weighted by atomic mass is 10.1. The van der Waals surface area contributed by atoms with Gasteiger partial charge in [-0.05, 0) is 43.5 Å². The number of hydrogen-bond acceptors (Lipinski definition) is 5. The van der Waals surface area contributed by atoms with Gasteiger partial charge in [-0.15, -0.1) is 0 Å². The molecule has 1 aliphatic rings. The summed E-state index contributed by atoms with van der Waals surface area (Å²) in [6.45, 7) is 6.27. The van der Waals surface area contributed by atoms with E-state index in [2.05, 4.69) is 9.97 Å². The van der Waals surface area contributed by atoms with Crippen molar-refractivity contribution in [2.45, 2.75) is 53.1 Å². The first-order valence-corrected chi connectivity index (χ1v) is 11.2. The van der Waals surface area contributed by atoms with Crippen molar-refractivity contribution in [1.82, 2.24) is 14.5 Å². The van der Waals surface area contributed by atoms with Gasteiger partial charge < -0.3 is 4.90 Å². The number of aryl methyl sites for hydroxylation is 1. The summed E-state index contributed by atoms with van der Waals surface area (Å²) >= 11 is 0. The molecule has 6 nitrogen and oxygen atoms in total. The number of nitrogens with zero attached hydrogens (tertiary/aromatic N) is 4. The highest BCUT2D eigenvalue weighted by molar-refractivity contribution is 5.94. The van der Waals surface area contributed by atoms with Crippen LogP contribution in [0.25, 0.3) is 10.9 Å². The van der Waals surface area contributed by atoms with Crippen LogP contribution in [-0.2, 0) is 0 Å². The zero-order chi connectivity index (χ0) is 27.3. The van der Waals surface area contributed by atoms with Crippen molar-refractivity contribution >= 4 is 28.7 Å². The molecule has 1 aliphatic carbocycles. The molecule has 1 aromatic carbocycles. The van der Waals surface area contributed by atoms with Gasteiger partial charge in [-0.2, -0.15) is 18.2 Å². The highest BCUT2D eigenvalue weighted by Crippen LogP contribution is 2.56. The molecule has 36 heavy (non-hydrogen) atoms. The Kier molecular flexibility index (Phi) is 9.22. The summed E-state index contributed by atoms with van der Waals surface area (Å²) in [5.41, 5.74) is -0.437. The van der Waals surface area contributed by atoms with Gasteiger partial charge in [-0.25, -0.2) is 13.2 Å². The van der Waals surface area contributed by atoms with Crippen LogP contribution in [0.1, 0.15) is 39.2 Å². The number of benzene rings is 1. The second kappa shape index (κ2) is 11.5. The monoisotopic (exact) mass is 514 g/mol. The van der Waals surface area contributed by atoms with Gasteiger partial charge in [0.15, 0.2) is 0 Å². The largest absolute Gasteiger partial charge is 0.394 e. The molecule has 12 heteroatoms. The summed E-state index contributed by atoms with van der Waals surface area (Å²) in [6.07, 6.45) is -2.26. The molecular weight excluding hydrogens is 486 g/mol. The summed E-state index contributed by atoms with van der Waals surface area (Å²) in [7, 11) is 0. The Morgan fingerprint density at radius 3 is 2.31 bits per heavy atom. The second-order valence-corrected chi connectivity index (χ2v) is 8.17. The van der Waals surface area contributed by atoms with Gasteiger partial charge in [0.2, 0.25) is 5.62 Å². The van der Waals surface area contributed by atoms with E-state index in [4.69, 9.17) is 10.8 Å². The number of pyridine rings is 1. The van der Waals surface area contributed by atoms with Crippen LogP contribution in [0.3, 0.4) is 0 Å². The van der Waals surface area contributed by atoms with Gasteiger partial charge in [0.1, 0.15) is 11.6 Å². The van der Waals surface area contributed by atoms with E-state index in [1.54, 1.807) is 19.2 Å². The molecule has 0 saturated heterocycles. The molecule has 0 atom stereocenters. The zero-order valence-corrected chi connectivity index (χ0v) is 20.3. The number of aromatic nitrogens is 3. The fourth-order valence-corrected chi connectivity index (χ4v) is 3.19. The SMILES string of the molecule is CC.CC1(C(F)(F)F)CC1.Cc1cncc(N(CC(F)F)c2nc(=N)n(C=N)c3cccc(F)c23)c1. The van der Waals surface area contributed by atoms with Crippen LogP contribution in [0.15, 0.2) is 36.7 Å². The van der Waals surface area contributed by atoms with E-state index < -0.39 is 30.4 Å². The van der Waals surface area contributed by atoms with Crippen LogP contribution in [0.4, 0.5) is 37.8 Å². The van der Waals surface area contributed by atoms with Crippen LogP contribution in [-0.4, -0.2) is 40.0 Å². The lowest BCUT2D eigenvalue weighted by molar-refractivity contribution is -0.181. The average molecular weight is 515 g/mol. The van der Waals surface area contributed by atoms with Crippen molar-refractivity contribution in [2.75, 3.05) is 11.4 Å². The number of anilines is 2. The molecule has 0 bridgehead atoms. The first-order valence-electron chi connectivity index (χ1n) is 11.2. The average Bonchev–Trinajstić information content (AvgIpc) is 3.58. The summed E-state index contributed by atoms with van der Waals surface area (Å²) in [4.78, 5) is 9.14. The van der Waals surface area contributed by atoms with Gasteiger partial charge in [0, 0.05) is 6.20 Å². The van der Waals surface area contributed by atoms with E-state index in [1.807, 2.05) is 13.8 Å². The summed E-state index contributed by atoms with van der Waals surface area (Å²) in [5, 5.41) is 15.4. The van der Waals surface area contributed by atoms with Crippen molar-refractivity contribution < 1.29 is 26.3 Å². The number of fused-ring (bicyclic) bond motifs is 1. The molecular formula is C24H28F6N6. The third-order valence-corrected chi connectivity index (χ3v) is 5.48. The Bertz CT molecular complexity index is 1250.